The fraction of sp³-hybridized carbons (Fsp3) is 0.312. The van der Waals surface area contributed by atoms with E-state index in [2.05, 4.69) is 32.4 Å². The monoisotopic (exact) mass is 312 g/mol. The molecule has 2 N–H and O–H groups in total. The standard InChI is InChI=1S/C16H20N6O/c1-4-5-15-19-16(21-20-15)18-12-6-7-13(14(8-12)23-3)22-9-11(2)17-10-22/h6-10H,4-5H2,1-3H3,(H2,18,19,20,21). The second kappa shape index (κ2) is 6.51. The third kappa shape index (κ3) is 3.33. The summed E-state index contributed by atoms with van der Waals surface area (Å²) < 4.78 is 7.43. The van der Waals surface area contributed by atoms with Crippen LogP contribution < -0.4 is 10.1 Å². The number of H-pyrrole nitrogens is 1. The quantitative estimate of drug-likeness (QED) is 0.731. The van der Waals surface area contributed by atoms with Crippen molar-refractivity contribution in [3.05, 3.63) is 42.2 Å². The molecule has 3 aromatic rings. The molecule has 7 heteroatoms. The number of aromatic nitrogens is 5. The molecule has 0 fully saturated rings. The molecule has 3 rings (SSSR count). The van der Waals surface area contributed by atoms with Gasteiger partial charge in [-0.15, -0.1) is 5.10 Å². The lowest BCUT2D eigenvalue weighted by Crippen LogP contribution is -1.98. The van der Waals surface area contributed by atoms with E-state index < -0.39 is 0 Å². The van der Waals surface area contributed by atoms with Gasteiger partial charge in [-0.25, -0.2) is 4.98 Å². The lowest BCUT2D eigenvalue weighted by molar-refractivity contribution is 0.413. The summed E-state index contributed by atoms with van der Waals surface area (Å²) in [6.45, 7) is 4.06. The molecule has 2 heterocycles. The number of imidazole rings is 1. The van der Waals surface area contributed by atoms with Gasteiger partial charge in [0.05, 0.1) is 24.8 Å². The summed E-state index contributed by atoms with van der Waals surface area (Å²) in [6.07, 6.45) is 5.64. The van der Waals surface area contributed by atoms with E-state index in [1.54, 1.807) is 13.4 Å². The van der Waals surface area contributed by atoms with Crippen molar-refractivity contribution >= 4 is 11.6 Å². The highest BCUT2D eigenvalue weighted by molar-refractivity contribution is 5.61. The van der Waals surface area contributed by atoms with E-state index in [0.29, 0.717) is 5.95 Å². The molecule has 120 valence electrons. The summed E-state index contributed by atoms with van der Waals surface area (Å²) >= 11 is 0. The van der Waals surface area contributed by atoms with Crippen molar-refractivity contribution in [2.75, 3.05) is 12.4 Å². The Labute approximate surface area is 134 Å². The lowest BCUT2D eigenvalue weighted by Gasteiger charge is -2.11. The molecule has 0 radical (unpaired) electrons. The number of benzene rings is 1. The summed E-state index contributed by atoms with van der Waals surface area (Å²) in [6, 6.07) is 5.85. The van der Waals surface area contributed by atoms with Crippen LogP contribution in [0.15, 0.2) is 30.7 Å². The van der Waals surface area contributed by atoms with Crippen molar-refractivity contribution in [1.82, 2.24) is 24.7 Å². The fourth-order valence-electron chi connectivity index (χ4n) is 2.35. The molecule has 0 aliphatic heterocycles. The third-order valence-corrected chi connectivity index (χ3v) is 3.44. The average Bonchev–Trinajstić information content (AvgIpc) is 3.17. The van der Waals surface area contributed by atoms with Crippen LogP contribution in [0.25, 0.3) is 5.69 Å². The maximum Gasteiger partial charge on any atom is 0.246 e. The van der Waals surface area contributed by atoms with Gasteiger partial charge in [-0.2, -0.15) is 4.98 Å². The molecular formula is C16H20N6O. The van der Waals surface area contributed by atoms with Crippen LogP contribution in [0.2, 0.25) is 0 Å². The SMILES string of the molecule is CCCc1nc(Nc2ccc(-n3cnc(C)c3)c(OC)c2)n[nH]1. The van der Waals surface area contributed by atoms with E-state index >= 15 is 0 Å². The molecule has 0 spiro atoms. The van der Waals surface area contributed by atoms with Gasteiger partial charge >= 0.3 is 0 Å². The van der Waals surface area contributed by atoms with Gasteiger partial charge in [0.25, 0.3) is 0 Å². The van der Waals surface area contributed by atoms with Gasteiger partial charge in [-0.1, -0.05) is 6.92 Å². The van der Waals surface area contributed by atoms with Crippen LogP contribution in [0.1, 0.15) is 24.9 Å². The molecule has 23 heavy (non-hydrogen) atoms. The van der Waals surface area contributed by atoms with E-state index in [1.165, 1.54) is 0 Å². The third-order valence-electron chi connectivity index (χ3n) is 3.44. The Morgan fingerprint density at radius 1 is 1.35 bits per heavy atom. The minimum Gasteiger partial charge on any atom is -0.494 e. The first-order chi connectivity index (χ1) is 11.2. The predicted molar refractivity (Wildman–Crippen MR) is 88.5 cm³/mol. The zero-order valence-corrected chi connectivity index (χ0v) is 13.5. The number of ether oxygens (including phenoxy) is 1. The number of methoxy groups -OCH3 is 1. The Hall–Kier alpha value is -2.83. The zero-order valence-electron chi connectivity index (χ0n) is 13.5. The number of aromatic amines is 1. The average molecular weight is 312 g/mol. The topological polar surface area (TPSA) is 80.7 Å². The molecule has 2 aromatic heterocycles. The number of aryl methyl sites for hydroxylation is 2. The van der Waals surface area contributed by atoms with Crippen LogP contribution in [0.5, 0.6) is 5.75 Å². The first kappa shape index (κ1) is 15.1. The highest BCUT2D eigenvalue weighted by atomic mass is 16.5. The lowest BCUT2D eigenvalue weighted by atomic mass is 10.2. The molecule has 0 unspecified atom stereocenters. The van der Waals surface area contributed by atoms with Crippen LogP contribution >= 0.6 is 0 Å². The molecule has 0 amide bonds. The summed E-state index contributed by atoms with van der Waals surface area (Å²) in [5.41, 5.74) is 2.75. The number of rotatable bonds is 6. The second-order valence-corrected chi connectivity index (χ2v) is 5.29. The Bertz CT molecular complexity index is 791. The minimum atomic E-state index is 0.557. The molecule has 0 aliphatic rings. The first-order valence-electron chi connectivity index (χ1n) is 7.57. The number of nitrogens with zero attached hydrogens (tertiary/aromatic N) is 4. The number of hydrogen-bond donors (Lipinski definition) is 2. The number of hydrogen-bond acceptors (Lipinski definition) is 5. The van der Waals surface area contributed by atoms with Gasteiger partial charge in [0.2, 0.25) is 5.95 Å². The van der Waals surface area contributed by atoms with Crippen LogP contribution in [-0.4, -0.2) is 31.8 Å². The molecule has 0 bridgehead atoms. The van der Waals surface area contributed by atoms with Crippen molar-refractivity contribution in [3.63, 3.8) is 0 Å². The summed E-state index contributed by atoms with van der Waals surface area (Å²) in [5, 5.41) is 10.3. The van der Waals surface area contributed by atoms with E-state index in [9.17, 15) is 0 Å². The van der Waals surface area contributed by atoms with E-state index in [0.717, 1.165) is 41.5 Å². The molecule has 0 saturated carbocycles. The Balaban J connectivity index is 1.83. The molecule has 1 aromatic carbocycles. The van der Waals surface area contributed by atoms with Gasteiger partial charge in [-0.3, -0.25) is 5.10 Å². The molecular weight excluding hydrogens is 292 g/mol. The van der Waals surface area contributed by atoms with Gasteiger partial charge in [0.1, 0.15) is 11.6 Å². The van der Waals surface area contributed by atoms with Crippen LogP contribution in [0.4, 0.5) is 11.6 Å². The second-order valence-electron chi connectivity index (χ2n) is 5.29. The Kier molecular flexibility index (Phi) is 4.27. The smallest absolute Gasteiger partial charge is 0.246 e. The highest BCUT2D eigenvalue weighted by Gasteiger charge is 2.09. The van der Waals surface area contributed by atoms with E-state index in [-0.39, 0.29) is 0 Å². The van der Waals surface area contributed by atoms with Crippen LogP contribution in [0, 0.1) is 6.92 Å². The van der Waals surface area contributed by atoms with Crippen molar-refractivity contribution in [3.8, 4) is 11.4 Å². The van der Waals surface area contributed by atoms with Crippen molar-refractivity contribution in [1.29, 1.82) is 0 Å². The highest BCUT2D eigenvalue weighted by Crippen LogP contribution is 2.27. The largest absolute Gasteiger partial charge is 0.494 e. The van der Waals surface area contributed by atoms with Crippen molar-refractivity contribution in [2.24, 2.45) is 0 Å². The predicted octanol–water partition coefficient (Wildman–Crippen LogP) is 3.00. The fourth-order valence-corrected chi connectivity index (χ4v) is 2.35. The van der Waals surface area contributed by atoms with E-state index in [4.69, 9.17) is 4.74 Å². The first-order valence-corrected chi connectivity index (χ1v) is 7.57. The normalized spacial score (nSPS) is 10.7. The molecule has 0 atom stereocenters. The van der Waals surface area contributed by atoms with Gasteiger partial charge in [0, 0.05) is 24.4 Å². The Morgan fingerprint density at radius 3 is 2.91 bits per heavy atom. The summed E-state index contributed by atoms with van der Waals surface area (Å²) in [4.78, 5) is 8.65. The molecule has 7 nitrogen and oxygen atoms in total. The van der Waals surface area contributed by atoms with E-state index in [1.807, 2.05) is 35.9 Å². The number of anilines is 2. The van der Waals surface area contributed by atoms with Crippen LogP contribution in [-0.2, 0) is 6.42 Å². The summed E-state index contributed by atoms with van der Waals surface area (Å²) in [7, 11) is 1.65. The summed E-state index contributed by atoms with van der Waals surface area (Å²) in [5.74, 6) is 2.19. The minimum absolute atomic E-state index is 0.557. The number of nitrogens with one attached hydrogen (secondary N) is 2. The van der Waals surface area contributed by atoms with Crippen molar-refractivity contribution < 1.29 is 4.74 Å². The van der Waals surface area contributed by atoms with Crippen LogP contribution in [0.3, 0.4) is 0 Å². The van der Waals surface area contributed by atoms with Gasteiger partial charge in [0.15, 0.2) is 0 Å². The van der Waals surface area contributed by atoms with Crippen molar-refractivity contribution in [2.45, 2.75) is 26.7 Å². The maximum absolute atomic E-state index is 5.49. The molecule has 0 saturated heterocycles. The maximum atomic E-state index is 5.49. The molecule has 0 aliphatic carbocycles. The Morgan fingerprint density at radius 2 is 2.22 bits per heavy atom. The van der Waals surface area contributed by atoms with Gasteiger partial charge in [-0.05, 0) is 25.5 Å². The van der Waals surface area contributed by atoms with Gasteiger partial charge < -0.3 is 14.6 Å². The zero-order chi connectivity index (χ0) is 16.2.